The Morgan fingerprint density at radius 1 is 1.07 bits per heavy atom. The highest BCUT2D eigenvalue weighted by Crippen LogP contribution is 2.35. The molecule has 3 amide bonds. The molecule has 16 nitrogen and oxygen atoms in total. The van der Waals surface area contributed by atoms with Crippen LogP contribution in [0, 0.1) is 11.3 Å². The largest absolute Gasteiger partial charge is 0.491 e. The molecule has 284 valence electrons. The Hall–Kier alpha value is -5.96. The first-order chi connectivity index (χ1) is 26.7. The number of nitriles is 1. The number of aromatic nitrogens is 5. The zero-order valence-electron chi connectivity index (χ0n) is 30.1. The molecular weight excluding hydrogens is 725 g/mol. The van der Waals surface area contributed by atoms with Crippen molar-refractivity contribution in [3.63, 3.8) is 0 Å². The molecule has 2 aliphatic heterocycles. The van der Waals surface area contributed by atoms with E-state index < -0.39 is 16.5 Å². The number of imide groups is 1. The molecule has 2 fully saturated rings. The molecule has 2 saturated heterocycles. The number of nitrogens with one attached hydrogen (secondary N) is 4. The van der Waals surface area contributed by atoms with E-state index >= 15 is 0 Å². The van der Waals surface area contributed by atoms with Gasteiger partial charge >= 0.3 is 0 Å². The number of hydrogen-bond acceptors (Lipinski definition) is 11. The van der Waals surface area contributed by atoms with Crippen molar-refractivity contribution in [3.8, 4) is 23.1 Å². The van der Waals surface area contributed by atoms with Gasteiger partial charge in [-0.05, 0) is 54.4 Å². The maximum Gasteiger partial charge on any atom is 0.251 e. The van der Waals surface area contributed by atoms with Crippen LogP contribution in [0.5, 0.6) is 5.75 Å². The maximum absolute atomic E-state index is 12.8. The number of H-pyrrole nitrogens is 1. The molecule has 7 rings (SSSR count). The fourth-order valence-corrected chi connectivity index (χ4v) is 7.78. The Kier molecular flexibility index (Phi) is 11.3. The molecule has 2 unspecified atom stereocenters. The number of nitrogens with zero attached hydrogens (tertiary/aromatic N) is 6. The van der Waals surface area contributed by atoms with E-state index in [1.54, 1.807) is 53.5 Å². The van der Waals surface area contributed by atoms with Gasteiger partial charge in [0.2, 0.25) is 17.8 Å². The molecule has 0 aliphatic carbocycles. The summed E-state index contributed by atoms with van der Waals surface area (Å²) >= 11 is 0. The van der Waals surface area contributed by atoms with Crippen LogP contribution in [-0.4, -0.2) is 96.2 Å². The minimum Gasteiger partial charge on any atom is -0.491 e. The summed E-state index contributed by atoms with van der Waals surface area (Å²) in [6.07, 6.45) is 6.45. The van der Waals surface area contributed by atoms with Crippen molar-refractivity contribution in [1.29, 1.82) is 5.26 Å². The van der Waals surface area contributed by atoms with E-state index in [1.165, 1.54) is 0 Å². The Balaban J connectivity index is 0.877. The van der Waals surface area contributed by atoms with Gasteiger partial charge in [0.15, 0.2) is 0 Å². The third-order valence-electron chi connectivity index (χ3n) is 9.60. The van der Waals surface area contributed by atoms with Crippen LogP contribution in [0.25, 0.3) is 22.3 Å². The van der Waals surface area contributed by atoms with E-state index in [2.05, 4.69) is 37.1 Å². The molecule has 55 heavy (non-hydrogen) atoms. The highest BCUT2D eigenvalue weighted by Gasteiger charge is 2.47. The maximum atomic E-state index is 12.8. The number of hydrogen-bond donors (Lipinski definition) is 4. The van der Waals surface area contributed by atoms with E-state index in [0.29, 0.717) is 92.3 Å². The number of amides is 3. The van der Waals surface area contributed by atoms with Gasteiger partial charge < -0.3 is 25.1 Å². The Morgan fingerprint density at radius 2 is 1.87 bits per heavy atom. The summed E-state index contributed by atoms with van der Waals surface area (Å²) in [7, 11) is -1.08. The molecule has 5 heterocycles. The second-order valence-electron chi connectivity index (χ2n) is 13.3. The summed E-state index contributed by atoms with van der Waals surface area (Å²) in [5.74, 6) is 0.426. The first-order valence-electron chi connectivity index (χ1n) is 18.0. The molecule has 0 bridgehead atoms. The molecule has 0 saturated carbocycles. The summed E-state index contributed by atoms with van der Waals surface area (Å²) in [6, 6.07) is 18.4. The minimum atomic E-state index is -1.08. The lowest BCUT2D eigenvalue weighted by Crippen LogP contribution is -2.63. The van der Waals surface area contributed by atoms with Crippen LogP contribution < -0.4 is 20.7 Å². The number of rotatable bonds is 16. The smallest absolute Gasteiger partial charge is 0.251 e. The average molecular weight is 765 g/mol. The van der Waals surface area contributed by atoms with Gasteiger partial charge in [-0.25, -0.2) is 13.5 Å². The Bertz CT molecular complexity index is 2240. The standard InChI is InChI=1S/C38H40N10O6S/c1-2-55(52)47-23-38(24-47,14-15-39)48-22-27(21-42-48)33-31-13-16-40-34(31)46-37(45-33)43-28-7-3-26(4-8-28)35(50)41-17-18-53-19-20-54-29-9-5-25(6-10-29)30-11-12-32(49)44-36(30)51/h3-10,13,16,21-22,30H,2,11-12,14,17-20,23-24H2,1H3,(H,41,50)(H,44,49,51)(H2,40,43,45,46). The molecule has 0 spiro atoms. The van der Waals surface area contributed by atoms with Gasteiger partial charge in [-0.15, -0.1) is 0 Å². The number of benzene rings is 2. The highest BCUT2D eigenvalue weighted by atomic mass is 32.2. The van der Waals surface area contributed by atoms with E-state index in [9.17, 15) is 23.9 Å². The van der Waals surface area contributed by atoms with Gasteiger partial charge in [0.05, 0.1) is 54.5 Å². The quantitative estimate of drug-likeness (QED) is 0.0844. The number of fused-ring (bicyclic) bond motifs is 1. The molecule has 3 aromatic heterocycles. The van der Waals surface area contributed by atoms with Crippen molar-refractivity contribution in [2.24, 2.45) is 0 Å². The van der Waals surface area contributed by atoms with E-state index in [0.717, 1.165) is 16.5 Å². The number of ether oxygens (including phenoxy) is 2. The molecular formula is C38H40N10O6S. The van der Waals surface area contributed by atoms with Crippen molar-refractivity contribution < 1.29 is 28.1 Å². The van der Waals surface area contributed by atoms with Gasteiger partial charge in [-0.1, -0.05) is 19.1 Å². The summed E-state index contributed by atoms with van der Waals surface area (Å²) in [5, 5.41) is 23.4. The molecule has 2 aliphatic rings. The van der Waals surface area contributed by atoms with Crippen molar-refractivity contribution >= 4 is 51.4 Å². The number of carbonyl (C=O) groups is 3. The SMILES string of the molecule is CCS(=O)N1CC(CC#N)(n2cc(-c3nc(Nc4ccc(C(=O)NCCOCCOc5ccc(C6CCC(=O)NC6=O)cc5)cc4)nc4[nH]ccc34)cn2)C1. The molecule has 0 radical (unpaired) electrons. The molecule has 4 N–H and O–H groups in total. The predicted molar refractivity (Wildman–Crippen MR) is 204 cm³/mol. The topological polar surface area (TPSA) is 209 Å². The number of aromatic amines is 1. The average Bonchev–Trinajstić information content (AvgIpc) is 3.87. The molecule has 2 aromatic carbocycles. The van der Waals surface area contributed by atoms with Gasteiger partial charge in [0.25, 0.3) is 5.91 Å². The fourth-order valence-electron chi connectivity index (χ4n) is 6.64. The number of anilines is 2. The first kappa shape index (κ1) is 37.4. The van der Waals surface area contributed by atoms with Crippen LogP contribution >= 0.6 is 0 Å². The zero-order valence-corrected chi connectivity index (χ0v) is 30.9. The van der Waals surface area contributed by atoms with Gasteiger partial charge in [0.1, 0.15) is 23.5 Å². The lowest BCUT2D eigenvalue weighted by atomic mass is 9.89. The number of carbonyl (C=O) groups excluding carboxylic acids is 3. The molecule has 2 atom stereocenters. The van der Waals surface area contributed by atoms with Crippen LogP contribution in [0.1, 0.15) is 48.0 Å². The van der Waals surface area contributed by atoms with Gasteiger partial charge in [0, 0.05) is 66.4 Å². The second-order valence-corrected chi connectivity index (χ2v) is 15.0. The summed E-state index contributed by atoms with van der Waals surface area (Å²) < 4.78 is 27.3. The number of piperidine rings is 1. The summed E-state index contributed by atoms with van der Waals surface area (Å²) in [6.45, 7) is 4.09. The van der Waals surface area contributed by atoms with Crippen LogP contribution in [-0.2, 0) is 30.9 Å². The van der Waals surface area contributed by atoms with Gasteiger partial charge in [-0.3, -0.25) is 24.4 Å². The highest BCUT2D eigenvalue weighted by molar-refractivity contribution is 7.82. The third-order valence-corrected chi connectivity index (χ3v) is 10.9. The monoisotopic (exact) mass is 764 g/mol. The minimum absolute atomic E-state index is 0.238. The lowest BCUT2D eigenvalue weighted by Gasteiger charge is -2.47. The summed E-state index contributed by atoms with van der Waals surface area (Å²) in [4.78, 5) is 48.8. The van der Waals surface area contributed by atoms with E-state index in [4.69, 9.17) is 14.5 Å². The van der Waals surface area contributed by atoms with Crippen LogP contribution in [0.2, 0.25) is 0 Å². The van der Waals surface area contributed by atoms with E-state index in [-0.39, 0.29) is 30.1 Å². The van der Waals surface area contributed by atoms with Crippen molar-refractivity contribution in [2.45, 2.75) is 37.6 Å². The van der Waals surface area contributed by atoms with Crippen LogP contribution in [0.3, 0.4) is 0 Å². The molecule has 5 aromatic rings. The van der Waals surface area contributed by atoms with E-state index in [1.807, 2.05) is 35.6 Å². The Labute approximate surface area is 319 Å². The van der Waals surface area contributed by atoms with Crippen molar-refractivity contribution in [2.75, 3.05) is 50.5 Å². The Morgan fingerprint density at radius 3 is 2.62 bits per heavy atom. The summed E-state index contributed by atoms with van der Waals surface area (Å²) in [5.41, 5.74) is 3.49. The van der Waals surface area contributed by atoms with Crippen LogP contribution in [0.4, 0.5) is 11.6 Å². The third kappa shape index (κ3) is 8.41. The normalized spacial score (nSPS) is 17.2. The first-order valence-corrected chi connectivity index (χ1v) is 19.2. The van der Waals surface area contributed by atoms with Gasteiger partial charge in [-0.2, -0.15) is 15.3 Å². The zero-order chi connectivity index (χ0) is 38.4. The second kappa shape index (κ2) is 16.6. The van der Waals surface area contributed by atoms with Crippen molar-refractivity contribution in [3.05, 3.63) is 84.3 Å². The predicted octanol–water partition coefficient (Wildman–Crippen LogP) is 3.52. The van der Waals surface area contributed by atoms with Crippen LogP contribution in [0.15, 0.2) is 73.2 Å². The van der Waals surface area contributed by atoms with Crippen molar-refractivity contribution in [1.82, 2.24) is 39.7 Å². The molecule has 17 heteroatoms. The lowest BCUT2D eigenvalue weighted by molar-refractivity contribution is -0.134. The fraction of sp³-hybridized carbons (Fsp3) is 0.342.